The number of rotatable bonds is 4. The predicted octanol–water partition coefficient (Wildman–Crippen LogP) is 2.25. The Labute approximate surface area is 121 Å². The van der Waals surface area contributed by atoms with Crippen molar-refractivity contribution in [1.29, 1.82) is 0 Å². The average molecular weight is 317 g/mol. The van der Waals surface area contributed by atoms with Crippen LogP contribution >= 0.6 is 0 Å². The maximum Gasteiger partial charge on any atom is 0.573 e. The Hall–Kier alpha value is -2.78. The van der Waals surface area contributed by atoms with Crippen LogP contribution < -0.4 is 4.74 Å². The Morgan fingerprint density at radius 1 is 1.36 bits per heavy atom. The molecule has 118 valence electrons. The van der Waals surface area contributed by atoms with Crippen molar-refractivity contribution in [3.05, 3.63) is 23.9 Å². The normalized spacial score (nSPS) is 11.3. The number of nitrogens with zero attached hydrogens (tertiary/aromatic N) is 2. The van der Waals surface area contributed by atoms with Crippen LogP contribution in [0.1, 0.15) is 17.4 Å². The number of aromatic nitrogens is 3. The molecule has 0 amide bonds. The van der Waals surface area contributed by atoms with E-state index in [2.05, 4.69) is 20.1 Å². The van der Waals surface area contributed by atoms with Crippen molar-refractivity contribution in [3.63, 3.8) is 0 Å². The molecule has 2 N–H and O–H groups in total. The van der Waals surface area contributed by atoms with Gasteiger partial charge >= 0.3 is 12.3 Å². The van der Waals surface area contributed by atoms with Crippen LogP contribution in [-0.2, 0) is 4.74 Å². The number of H-pyrrole nitrogens is 1. The van der Waals surface area contributed by atoms with E-state index in [1.807, 2.05) is 0 Å². The van der Waals surface area contributed by atoms with Gasteiger partial charge in [0.1, 0.15) is 17.2 Å². The molecule has 1 aromatic heterocycles. The van der Waals surface area contributed by atoms with Crippen LogP contribution in [0.2, 0.25) is 0 Å². The van der Waals surface area contributed by atoms with Crippen molar-refractivity contribution >= 4 is 5.97 Å². The summed E-state index contributed by atoms with van der Waals surface area (Å²) >= 11 is 0. The molecule has 22 heavy (non-hydrogen) atoms. The van der Waals surface area contributed by atoms with Gasteiger partial charge in [0.05, 0.1) is 12.2 Å². The van der Waals surface area contributed by atoms with Gasteiger partial charge in [-0.05, 0) is 25.1 Å². The molecular formula is C12H10F3N3O4. The number of esters is 1. The number of ether oxygens (including phenoxy) is 2. The summed E-state index contributed by atoms with van der Waals surface area (Å²) in [6.45, 7) is 1.65. The minimum absolute atomic E-state index is 0.0777. The van der Waals surface area contributed by atoms with E-state index in [-0.39, 0.29) is 23.6 Å². The van der Waals surface area contributed by atoms with Crippen LogP contribution in [0.25, 0.3) is 11.3 Å². The molecule has 0 aliphatic carbocycles. The van der Waals surface area contributed by atoms with E-state index < -0.39 is 23.8 Å². The number of phenols is 1. The Morgan fingerprint density at radius 3 is 2.73 bits per heavy atom. The minimum Gasteiger partial charge on any atom is -0.507 e. The third-order valence-corrected chi connectivity index (χ3v) is 2.47. The van der Waals surface area contributed by atoms with E-state index >= 15 is 0 Å². The van der Waals surface area contributed by atoms with Crippen molar-refractivity contribution in [1.82, 2.24) is 15.4 Å². The number of aromatic hydroxyl groups is 1. The van der Waals surface area contributed by atoms with Crippen molar-refractivity contribution in [2.75, 3.05) is 6.61 Å². The lowest BCUT2D eigenvalue weighted by Gasteiger charge is -2.10. The Kier molecular flexibility index (Phi) is 4.20. The van der Waals surface area contributed by atoms with E-state index in [0.717, 1.165) is 18.2 Å². The summed E-state index contributed by atoms with van der Waals surface area (Å²) in [6.07, 6.45) is -4.89. The minimum atomic E-state index is -4.89. The zero-order valence-corrected chi connectivity index (χ0v) is 11.1. The van der Waals surface area contributed by atoms with Gasteiger partial charge in [0, 0.05) is 0 Å². The Bertz CT molecular complexity index is 684. The lowest BCUT2D eigenvalue weighted by Crippen LogP contribution is -2.17. The largest absolute Gasteiger partial charge is 0.573 e. The number of phenolic OH excluding ortho intramolecular Hbond substituents is 1. The van der Waals surface area contributed by atoms with Crippen LogP contribution in [0.5, 0.6) is 11.5 Å². The molecule has 0 saturated carbocycles. The fourth-order valence-corrected chi connectivity index (χ4v) is 1.66. The number of halogens is 3. The standard InChI is InChI=1S/C12H10F3N3O4/c1-2-21-11(20)10-9(16-18-17-10)7-5-6(3-4-8(7)19)22-12(13,14)15/h3-5,19H,2H2,1H3,(H,16,17,18). The lowest BCUT2D eigenvalue weighted by atomic mass is 10.1. The van der Waals surface area contributed by atoms with Gasteiger partial charge in [0.2, 0.25) is 0 Å². The molecule has 2 aromatic rings. The van der Waals surface area contributed by atoms with Crippen LogP contribution in [0, 0.1) is 0 Å². The summed E-state index contributed by atoms with van der Waals surface area (Å²) in [4.78, 5) is 11.7. The summed E-state index contributed by atoms with van der Waals surface area (Å²) in [6, 6.07) is 2.81. The second kappa shape index (κ2) is 5.92. The van der Waals surface area contributed by atoms with Gasteiger partial charge in [-0.3, -0.25) is 0 Å². The monoisotopic (exact) mass is 317 g/mol. The number of hydrogen-bond acceptors (Lipinski definition) is 6. The van der Waals surface area contributed by atoms with Gasteiger partial charge in [-0.25, -0.2) is 4.79 Å². The first-order valence-corrected chi connectivity index (χ1v) is 5.99. The molecule has 0 aliphatic rings. The highest BCUT2D eigenvalue weighted by atomic mass is 19.4. The van der Waals surface area contributed by atoms with Gasteiger partial charge < -0.3 is 14.6 Å². The van der Waals surface area contributed by atoms with Gasteiger partial charge in [0.25, 0.3) is 0 Å². The lowest BCUT2D eigenvalue weighted by molar-refractivity contribution is -0.274. The number of hydrogen-bond donors (Lipinski definition) is 2. The third kappa shape index (κ3) is 3.45. The number of benzene rings is 1. The zero-order valence-electron chi connectivity index (χ0n) is 11.1. The van der Waals surface area contributed by atoms with Gasteiger partial charge in [-0.2, -0.15) is 10.3 Å². The summed E-state index contributed by atoms with van der Waals surface area (Å²) in [5.41, 5.74) is -0.566. The van der Waals surface area contributed by atoms with Gasteiger partial charge in [0.15, 0.2) is 5.69 Å². The SMILES string of the molecule is CCOC(=O)c1n[nH]nc1-c1cc(OC(F)(F)F)ccc1O. The van der Waals surface area contributed by atoms with Crippen molar-refractivity contribution in [3.8, 4) is 22.8 Å². The summed E-state index contributed by atoms with van der Waals surface area (Å²) in [7, 11) is 0. The second-order valence-electron chi connectivity index (χ2n) is 3.97. The number of aromatic amines is 1. The Morgan fingerprint density at radius 2 is 2.09 bits per heavy atom. The first-order chi connectivity index (χ1) is 10.3. The summed E-state index contributed by atoms with van der Waals surface area (Å²) < 4.78 is 45.2. The van der Waals surface area contributed by atoms with E-state index in [9.17, 15) is 23.1 Å². The van der Waals surface area contributed by atoms with Crippen LogP contribution in [0.3, 0.4) is 0 Å². The summed E-state index contributed by atoms with van der Waals surface area (Å²) in [5, 5.41) is 19.2. The van der Waals surface area contributed by atoms with Gasteiger partial charge in [-0.15, -0.1) is 18.3 Å². The molecule has 1 heterocycles. The second-order valence-corrected chi connectivity index (χ2v) is 3.97. The third-order valence-electron chi connectivity index (χ3n) is 2.47. The number of alkyl halides is 3. The molecule has 7 nitrogen and oxygen atoms in total. The molecule has 0 atom stereocenters. The van der Waals surface area contributed by atoms with Crippen molar-refractivity contribution in [2.24, 2.45) is 0 Å². The molecule has 0 radical (unpaired) electrons. The smallest absolute Gasteiger partial charge is 0.507 e. The first-order valence-electron chi connectivity index (χ1n) is 5.99. The molecule has 2 rings (SSSR count). The fourth-order valence-electron chi connectivity index (χ4n) is 1.66. The molecule has 0 bridgehead atoms. The van der Waals surface area contributed by atoms with Crippen molar-refractivity contribution in [2.45, 2.75) is 13.3 Å². The summed E-state index contributed by atoms with van der Waals surface area (Å²) in [5.74, 6) is -1.79. The first kappa shape index (κ1) is 15.6. The van der Waals surface area contributed by atoms with E-state index in [1.165, 1.54) is 0 Å². The van der Waals surface area contributed by atoms with Crippen LogP contribution in [-0.4, -0.2) is 39.5 Å². The quantitative estimate of drug-likeness (QED) is 0.839. The number of nitrogens with one attached hydrogen (secondary N) is 1. The van der Waals surface area contributed by atoms with Crippen LogP contribution in [0.15, 0.2) is 18.2 Å². The highest BCUT2D eigenvalue weighted by Gasteiger charge is 2.31. The number of carbonyl (C=O) groups is 1. The van der Waals surface area contributed by atoms with E-state index in [0.29, 0.717) is 0 Å². The number of carbonyl (C=O) groups excluding carboxylic acids is 1. The van der Waals surface area contributed by atoms with Crippen molar-refractivity contribution < 1.29 is 32.5 Å². The molecular weight excluding hydrogens is 307 g/mol. The molecule has 1 aromatic carbocycles. The predicted molar refractivity (Wildman–Crippen MR) is 66.1 cm³/mol. The van der Waals surface area contributed by atoms with Crippen LogP contribution in [0.4, 0.5) is 13.2 Å². The molecule has 0 aliphatic heterocycles. The highest BCUT2D eigenvalue weighted by Crippen LogP contribution is 2.34. The molecule has 10 heteroatoms. The van der Waals surface area contributed by atoms with E-state index in [4.69, 9.17) is 4.74 Å². The molecule has 0 fully saturated rings. The fraction of sp³-hybridized carbons (Fsp3) is 0.250. The zero-order chi connectivity index (χ0) is 16.3. The average Bonchev–Trinajstić information content (AvgIpc) is 2.89. The molecule has 0 unspecified atom stereocenters. The van der Waals surface area contributed by atoms with Gasteiger partial charge in [-0.1, -0.05) is 0 Å². The maximum atomic E-state index is 12.2. The molecule has 0 spiro atoms. The topological polar surface area (TPSA) is 97.3 Å². The van der Waals surface area contributed by atoms with E-state index in [1.54, 1.807) is 6.92 Å². The Balaban J connectivity index is 2.43. The maximum absolute atomic E-state index is 12.2. The highest BCUT2D eigenvalue weighted by molar-refractivity contribution is 5.94. The molecule has 0 saturated heterocycles.